The summed E-state index contributed by atoms with van der Waals surface area (Å²) < 4.78 is 0. The molecule has 1 aromatic carbocycles. The summed E-state index contributed by atoms with van der Waals surface area (Å²) in [5, 5.41) is 18.9. The lowest BCUT2D eigenvalue weighted by atomic mass is 10.1. The molecule has 0 aliphatic heterocycles. The number of rotatable bonds is 3. The first kappa shape index (κ1) is 13.3. The zero-order valence-electron chi connectivity index (χ0n) is 8.88. The van der Waals surface area contributed by atoms with Crippen LogP contribution in [0.25, 0.3) is 10.9 Å². The number of fused-ring (bicyclic) bond motifs is 1. The lowest BCUT2D eigenvalue weighted by molar-refractivity contribution is -0.138. The lowest BCUT2D eigenvalue weighted by Gasteiger charge is -2.04. The fourth-order valence-electron chi connectivity index (χ4n) is 1.66. The highest BCUT2D eigenvalue weighted by Gasteiger charge is 2.14. The minimum Gasteiger partial charge on any atom is -0.508 e. The fourth-order valence-corrected chi connectivity index (χ4v) is 1.66. The number of aromatic nitrogens is 1. The third kappa shape index (κ3) is 2.69. The Hall–Kier alpha value is -1.72. The molecular formula is C11H13ClN2O3. The van der Waals surface area contributed by atoms with E-state index in [4.69, 9.17) is 10.8 Å². The molecule has 0 saturated carbocycles. The topological polar surface area (TPSA) is 99.3 Å². The van der Waals surface area contributed by atoms with Gasteiger partial charge in [-0.2, -0.15) is 0 Å². The second kappa shape index (κ2) is 5.07. The van der Waals surface area contributed by atoms with Gasteiger partial charge in [0.25, 0.3) is 0 Å². The van der Waals surface area contributed by atoms with Crippen LogP contribution in [-0.4, -0.2) is 27.2 Å². The molecule has 5 N–H and O–H groups in total. The molecule has 92 valence electrons. The number of nitrogens with two attached hydrogens (primary N) is 1. The van der Waals surface area contributed by atoms with Crippen LogP contribution in [0, 0.1) is 0 Å². The van der Waals surface area contributed by atoms with Crippen LogP contribution in [0.3, 0.4) is 0 Å². The molecule has 0 unspecified atom stereocenters. The number of carbonyl (C=O) groups is 1. The molecule has 0 spiro atoms. The van der Waals surface area contributed by atoms with Crippen LogP contribution in [0.2, 0.25) is 0 Å². The first-order valence-electron chi connectivity index (χ1n) is 4.85. The summed E-state index contributed by atoms with van der Waals surface area (Å²) in [6.45, 7) is 0. The van der Waals surface area contributed by atoms with Gasteiger partial charge in [-0.05, 0) is 23.8 Å². The zero-order chi connectivity index (χ0) is 11.7. The Balaban J connectivity index is 0.00000144. The molecule has 0 bridgehead atoms. The van der Waals surface area contributed by atoms with E-state index in [0.29, 0.717) is 0 Å². The highest BCUT2D eigenvalue weighted by molar-refractivity contribution is 5.86. The summed E-state index contributed by atoms with van der Waals surface area (Å²) in [5.74, 6) is -0.883. The van der Waals surface area contributed by atoms with Crippen molar-refractivity contribution < 1.29 is 15.0 Å². The number of benzene rings is 1. The number of aromatic hydroxyl groups is 1. The number of hydrogen-bond acceptors (Lipinski definition) is 3. The third-order valence-electron chi connectivity index (χ3n) is 2.51. The Morgan fingerprint density at radius 2 is 2.18 bits per heavy atom. The number of halogens is 1. The predicted octanol–water partition coefficient (Wildman–Crippen LogP) is 1.25. The SMILES string of the molecule is Cl.N[C@@H](Cc1c[nH]c2ccc(O)cc12)C(=O)O. The number of aromatic amines is 1. The Kier molecular flexibility index (Phi) is 3.98. The van der Waals surface area contributed by atoms with Gasteiger partial charge in [0, 0.05) is 23.5 Å². The molecule has 17 heavy (non-hydrogen) atoms. The summed E-state index contributed by atoms with van der Waals surface area (Å²) in [6.07, 6.45) is 1.95. The van der Waals surface area contributed by atoms with E-state index in [1.54, 1.807) is 24.4 Å². The minimum atomic E-state index is -1.03. The second-order valence-electron chi connectivity index (χ2n) is 3.69. The number of aliphatic carboxylic acids is 1. The van der Waals surface area contributed by atoms with Gasteiger partial charge in [-0.3, -0.25) is 4.79 Å². The van der Waals surface area contributed by atoms with Crippen LogP contribution in [0.1, 0.15) is 5.56 Å². The lowest BCUT2D eigenvalue weighted by Crippen LogP contribution is -2.32. The second-order valence-corrected chi connectivity index (χ2v) is 3.69. The van der Waals surface area contributed by atoms with Crippen LogP contribution in [0.15, 0.2) is 24.4 Å². The largest absolute Gasteiger partial charge is 0.508 e. The van der Waals surface area contributed by atoms with Crippen LogP contribution >= 0.6 is 12.4 Å². The van der Waals surface area contributed by atoms with Crippen molar-refractivity contribution in [3.8, 4) is 5.75 Å². The number of H-pyrrole nitrogens is 1. The van der Waals surface area contributed by atoms with Gasteiger partial charge in [0.2, 0.25) is 0 Å². The molecule has 2 rings (SSSR count). The maximum atomic E-state index is 10.6. The normalized spacial score (nSPS) is 12.1. The molecule has 0 aliphatic rings. The summed E-state index contributed by atoms with van der Waals surface area (Å²) in [7, 11) is 0. The number of nitrogens with one attached hydrogen (secondary N) is 1. The first-order valence-corrected chi connectivity index (χ1v) is 4.85. The van der Waals surface area contributed by atoms with E-state index >= 15 is 0 Å². The van der Waals surface area contributed by atoms with Crippen molar-refractivity contribution in [2.24, 2.45) is 5.73 Å². The maximum Gasteiger partial charge on any atom is 0.320 e. The predicted molar refractivity (Wildman–Crippen MR) is 66.5 cm³/mol. The van der Waals surface area contributed by atoms with Gasteiger partial charge >= 0.3 is 5.97 Å². The number of carboxylic acids is 1. The van der Waals surface area contributed by atoms with Gasteiger partial charge in [-0.25, -0.2) is 0 Å². The molecule has 0 aliphatic carbocycles. The maximum absolute atomic E-state index is 10.6. The van der Waals surface area contributed by atoms with Gasteiger partial charge in [-0.15, -0.1) is 12.4 Å². The Morgan fingerprint density at radius 1 is 1.47 bits per heavy atom. The van der Waals surface area contributed by atoms with Crippen molar-refractivity contribution in [3.05, 3.63) is 30.0 Å². The number of hydrogen-bond donors (Lipinski definition) is 4. The van der Waals surface area contributed by atoms with Crippen LogP contribution in [0.4, 0.5) is 0 Å². The first-order chi connectivity index (χ1) is 7.58. The quantitative estimate of drug-likeness (QED) is 0.664. The summed E-state index contributed by atoms with van der Waals surface area (Å²) in [4.78, 5) is 13.6. The van der Waals surface area contributed by atoms with Crippen LogP contribution < -0.4 is 5.73 Å². The molecule has 0 saturated heterocycles. The Labute approximate surface area is 104 Å². The molecule has 5 nitrogen and oxygen atoms in total. The van der Waals surface area contributed by atoms with Crippen molar-refractivity contribution in [3.63, 3.8) is 0 Å². The summed E-state index contributed by atoms with van der Waals surface area (Å²) in [5.41, 5.74) is 7.11. The molecule has 2 aromatic rings. The third-order valence-corrected chi connectivity index (χ3v) is 2.51. The molecule has 6 heteroatoms. The van der Waals surface area contributed by atoms with Crippen LogP contribution in [-0.2, 0) is 11.2 Å². The van der Waals surface area contributed by atoms with E-state index in [-0.39, 0.29) is 24.6 Å². The summed E-state index contributed by atoms with van der Waals surface area (Å²) >= 11 is 0. The van der Waals surface area contributed by atoms with E-state index in [9.17, 15) is 9.90 Å². The molecule has 1 atom stereocenters. The van der Waals surface area contributed by atoms with E-state index < -0.39 is 12.0 Å². The number of carboxylic acid groups (broad SMARTS) is 1. The zero-order valence-corrected chi connectivity index (χ0v) is 9.70. The highest BCUT2D eigenvalue weighted by Crippen LogP contribution is 2.23. The fraction of sp³-hybridized carbons (Fsp3) is 0.182. The number of phenolic OH excluding ortho intramolecular Hbond substituents is 1. The van der Waals surface area contributed by atoms with E-state index in [2.05, 4.69) is 4.98 Å². The van der Waals surface area contributed by atoms with Crippen molar-refractivity contribution in [1.29, 1.82) is 0 Å². The average molecular weight is 257 g/mol. The Bertz CT molecular complexity index is 538. The standard InChI is InChI=1S/C11H12N2O3.ClH/c12-9(11(15)16)3-6-5-13-10-2-1-7(14)4-8(6)10;/h1-2,4-5,9,13-14H,3,12H2,(H,15,16);1H/t9-;/m0./s1. The van der Waals surface area contributed by atoms with E-state index in [1.165, 1.54) is 0 Å². The van der Waals surface area contributed by atoms with E-state index in [0.717, 1.165) is 16.5 Å². The molecule has 1 heterocycles. The summed E-state index contributed by atoms with van der Waals surface area (Å²) in [6, 6.07) is 3.97. The highest BCUT2D eigenvalue weighted by atomic mass is 35.5. The van der Waals surface area contributed by atoms with Gasteiger partial charge in [0.05, 0.1) is 0 Å². The monoisotopic (exact) mass is 256 g/mol. The molecular weight excluding hydrogens is 244 g/mol. The molecule has 0 radical (unpaired) electrons. The minimum absolute atomic E-state index is 0. The molecule has 0 amide bonds. The average Bonchev–Trinajstić information content (AvgIpc) is 2.61. The molecule has 1 aromatic heterocycles. The van der Waals surface area contributed by atoms with Crippen molar-refractivity contribution in [1.82, 2.24) is 4.98 Å². The van der Waals surface area contributed by atoms with Gasteiger partial charge in [0.1, 0.15) is 11.8 Å². The van der Waals surface area contributed by atoms with Crippen molar-refractivity contribution >= 4 is 29.3 Å². The van der Waals surface area contributed by atoms with Gasteiger partial charge in [0.15, 0.2) is 0 Å². The van der Waals surface area contributed by atoms with Crippen LogP contribution in [0.5, 0.6) is 5.75 Å². The van der Waals surface area contributed by atoms with Gasteiger partial charge < -0.3 is 20.9 Å². The van der Waals surface area contributed by atoms with Crippen molar-refractivity contribution in [2.45, 2.75) is 12.5 Å². The van der Waals surface area contributed by atoms with E-state index in [1.807, 2.05) is 0 Å². The number of phenols is 1. The van der Waals surface area contributed by atoms with Gasteiger partial charge in [-0.1, -0.05) is 0 Å². The Morgan fingerprint density at radius 3 is 2.82 bits per heavy atom. The van der Waals surface area contributed by atoms with Crippen molar-refractivity contribution in [2.75, 3.05) is 0 Å². The molecule has 0 fully saturated rings. The smallest absolute Gasteiger partial charge is 0.320 e.